The highest BCUT2D eigenvalue weighted by Crippen LogP contribution is 2.32. The van der Waals surface area contributed by atoms with Crippen LogP contribution in [0.1, 0.15) is 0 Å². The first-order chi connectivity index (χ1) is 15.5. The number of methoxy groups -OCH3 is 1. The van der Waals surface area contributed by atoms with Crippen LogP contribution in [0.5, 0.6) is 5.75 Å². The highest BCUT2D eigenvalue weighted by atomic mass is 35.5. The molecule has 0 amide bonds. The van der Waals surface area contributed by atoms with Crippen LogP contribution >= 0.6 is 35.2 Å². The summed E-state index contributed by atoms with van der Waals surface area (Å²) in [6.07, 6.45) is 4.80. The van der Waals surface area contributed by atoms with Crippen molar-refractivity contribution in [3.63, 3.8) is 0 Å². The first-order valence-electron chi connectivity index (χ1n) is 9.30. The van der Waals surface area contributed by atoms with Gasteiger partial charge in [0.25, 0.3) is 10.4 Å². The summed E-state index contributed by atoms with van der Waals surface area (Å²) < 4.78 is 13.1. The molecule has 0 N–H and O–H groups in total. The Morgan fingerprint density at radius 3 is 2.84 bits per heavy atom. The second-order valence-electron chi connectivity index (χ2n) is 6.77. The Hall–Kier alpha value is -3.34. The van der Waals surface area contributed by atoms with Crippen molar-refractivity contribution in [1.82, 2.24) is 19.5 Å². The number of hydrogen-bond donors (Lipinski definition) is 0. The summed E-state index contributed by atoms with van der Waals surface area (Å²) in [7, 11) is 3.41. The summed E-state index contributed by atoms with van der Waals surface area (Å²) >= 11 is 12.8. The Labute approximate surface area is 195 Å². The third-order valence-electron chi connectivity index (χ3n) is 4.88. The fraction of sp³-hybridized carbons (Fsp3) is 0.0952. The third-order valence-corrected chi connectivity index (χ3v) is 6.36. The van der Waals surface area contributed by atoms with Gasteiger partial charge in [0.05, 0.1) is 34.2 Å². The van der Waals surface area contributed by atoms with Crippen molar-refractivity contribution in [1.29, 1.82) is 0 Å². The maximum absolute atomic E-state index is 13.1. The van der Waals surface area contributed by atoms with Gasteiger partial charge in [0.2, 0.25) is 10.7 Å². The van der Waals surface area contributed by atoms with Crippen LogP contribution in [-0.2, 0) is 0 Å². The van der Waals surface area contributed by atoms with E-state index < -0.39 is 5.56 Å². The Balaban J connectivity index is 1.63. The van der Waals surface area contributed by atoms with Gasteiger partial charge in [-0.2, -0.15) is 0 Å². The summed E-state index contributed by atoms with van der Waals surface area (Å²) in [5, 5.41) is 0.952. The molecule has 4 aromatic heterocycles. The number of benzene rings is 1. The van der Waals surface area contributed by atoms with Crippen molar-refractivity contribution < 1.29 is 9.15 Å². The zero-order valence-corrected chi connectivity index (χ0v) is 19.2. The second-order valence-corrected chi connectivity index (χ2v) is 8.56. The molecule has 0 unspecified atom stereocenters. The predicted octanol–water partition coefficient (Wildman–Crippen LogP) is 5.14. The lowest BCUT2D eigenvalue weighted by Crippen LogP contribution is -2.20. The fourth-order valence-electron chi connectivity index (χ4n) is 3.27. The van der Waals surface area contributed by atoms with E-state index in [0.29, 0.717) is 15.9 Å². The average Bonchev–Trinajstić information content (AvgIpc) is 3.21. The molecular weight excluding hydrogens is 470 g/mol. The fourth-order valence-corrected chi connectivity index (χ4v) is 4.74. The van der Waals surface area contributed by atoms with Crippen molar-refractivity contribution in [3.05, 3.63) is 69.1 Å². The molecule has 0 aliphatic heterocycles. The maximum atomic E-state index is 13.1. The minimum atomic E-state index is -0.420. The number of fused-ring (bicyclic) bond motifs is 2. The molecule has 0 aliphatic carbocycles. The van der Waals surface area contributed by atoms with Gasteiger partial charge in [0.15, 0.2) is 11.3 Å². The number of thiazole rings is 1. The molecule has 0 bridgehead atoms. The summed E-state index contributed by atoms with van der Waals surface area (Å²) in [5.74, 6) is 0.387. The van der Waals surface area contributed by atoms with Crippen LogP contribution < -0.4 is 15.2 Å². The number of ether oxygens (including phenoxy) is 1. The average molecular weight is 484 g/mol. The van der Waals surface area contributed by atoms with E-state index in [2.05, 4.69) is 15.0 Å². The third kappa shape index (κ3) is 3.42. The number of halogens is 1. The minimum Gasteiger partial charge on any atom is -0.493 e. The van der Waals surface area contributed by atoms with Gasteiger partial charge >= 0.3 is 0 Å². The molecule has 0 atom stereocenters. The van der Waals surface area contributed by atoms with Gasteiger partial charge in [-0.3, -0.25) is 9.78 Å². The largest absolute Gasteiger partial charge is 0.493 e. The molecule has 32 heavy (non-hydrogen) atoms. The van der Waals surface area contributed by atoms with Gasteiger partial charge < -0.3 is 14.1 Å². The molecule has 0 fully saturated rings. The van der Waals surface area contributed by atoms with E-state index in [9.17, 15) is 4.79 Å². The Morgan fingerprint density at radius 2 is 2.06 bits per heavy atom. The molecule has 160 valence electrons. The van der Waals surface area contributed by atoms with Crippen LogP contribution in [0.2, 0.25) is 5.02 Å². The maximum Gasteiger partial charge on any atom is 0.290 e. The highest BCUT2D eigenvalue weighted by Gasteiger charge is 2.17. The quantitative estimate of drug-likeness (QED) is 0.325. The van der Waals surface area contributed by atoms with Gasteiger partial charge in [0, 0.05) is 31.2 Å². The van der Waals surface area contributed by atoms with Gasteiger partial charge in [-0.25, -0.2) is 14.5 Å². The number of aromatic nitrogens is 4. The van der Waals surface area contributed by atoms with E-state index in [4.69, 9.17) is 33.0 Å². The lowest BCUT2D eigenvalue weighted by molar-refractivity contribution is 0.404. The lowest BCUT2D eigenvalue weighted by Gasteiger charge is -2.19. The van der Waals surface area contributed by atoms with Crippen LogP contribution in [0, 0.1) is 4.84 Å². The van der Waals surface area contributed by atoms with Crippen molar-refractivity contribution in [2.24, 2.45) is 0 Å². The highest BCUT2D eigenvalue weighted by molar-refractivity contribution is 7.71. The molecule has 4 heterocycles. The molecule has 0 saturated heterocycles. The van der Waals surface area contributed by atoms with E-state index in [1.807, 2.05) is 36.2 Å². The van der Waals surface area contributed by atoms with Gasteiger partial charge in [-0.05, 0) is 36.5 Å². The molecule has 5 aromatic rings. The Morgan fingerprint density at radius 1 is 1.22 bits per heavy atom. The molecular formula is C21H14ClN5O3S2. The molecule has 0 radical (unpaired) electrons. The normalized spacial score (nSPS) is 11.2. The van der Waals surface area contributed by atoms with Crippen LogP contribution in [0.3, 0.4) is 0 Å². The van der Waals surface area contributed by atoms with E-state index in [1.54, 1.807) is 18.5 Å². The Bertz CT molecular complexity index is 1610. The standard InChI is InChI=1S/C21H14ClN5O3S2/c1-26(13-7-11(22)9-23-10-13)12-3-4-14-16(8-12)32-20(25-14)27-19(28)17-18(30-21(27)31)15(29-2)5-6-24-17/h3-10H,1-2H3. The molecule has 5 rings (SSSR count). The summed E-state index contributed by atoms with van der Waals surface area (Å²) in [6, 6.07) is 9.23. The first kappa shape index (κ1) is 20.6. The summed E-state index contributed by atoms with van der Waals surface area (Å²) in [4.78, 5) is 27.9. The molecule has 0 saturated carbocycles. The lowest BCUT2D eigenvalue weighted by atomic mass is 10.2. The smallest absolute Gasteiger partial charge is 0.290 e. The Kier molecular flexibility index (Phi) is 5.12. The SMILES string of the molecule is COc1ccnc2c(=O)n(-c3nc4ccc(N(C)c5cncc(Cl)c5)cc4s3)c(=S)oc12. The molecule has 11 heteroatoms. The van der Waals surface area contributed by atoms with E-state index >= 15 is 0 Å². The van der Waals surface area contributed by atoms with Crippen LogP contribution in [0.25, 0.3) is 26.4 Å². The van der Waals surface area contributed by atoms with Crippen molar-refractivity contribution in [2.45, 2.75) is 0 Å². The van der Waals surface area contributed by atoms with E-state index in [-0.39, 0.29) is 15.9 Å². The molecule has 0 aliphatic rings. The number of nitrogens with zero attached hydrogens (tertiary/aromatic N) is 5. The predicted molar refractivity (Wildman–Crippen MR) is 127 cm³/mol. The van der Waals surface area contributed by atoms with Crippen LogP contribution in [0.15, 0.2) is 58.1 Å². The van der Waals surface area contributed by atoms with Gasteiger partial charge in [-0.1, -0.05) is 22.9 Å². The monoisotopic (exact) mass is 483 g/mol. The van der Waals surface area contributed by atoms with Crippen LogP contribution in [-0.4, -0.2) is 33.7 Å². The number of anilines is 2. The zero-order chi connectivity index (χ0) is 22.4. The van der Waals surface area contributed by atoms with E-state index in [1.165, 1.54) is 29.2 Å². The number of hydrogen-bond acceptors (Lipinski definition) is 9. The van der Waals surface area contributed by atoms with Crippen molar-refractivity contribution in [3.8, 4) is 10.9 Å². The first-order valence-corrected chi connectivity index (χ1v) is 10.9. The van der Waals surface area contributed by atoms with Gasteiger partial charge in [-0.15, -0.1) is 0 Å². The molecule has 0 spiro atoms. The summed E-state index contributed by atoms with van der Waals surface area (Å²) in [5.41, 5.74) is 2.40. The molecule has 1 aromatic carbocycles. The topological polar surface area (TPSA) is 86.3 Å². The number of rotatable bonds is 4. The van der Waals surface area contributed by atoms with Gasteiger partial charge in [0.1, 0.15) is 0 Å². The number of pyridine rings is 2. The van der Waals surface area contributed by atoms with Crippen molar-refractivity contribution in [2.75, 3.05) is 19.1 Å². The minimum absolute atomic E-state index is 0.0322. The van der Waals surface area contributed by atoms with Crippen molar-refractivity contribution >= 4 is 67.8 Å². The summed E-state index contributed by atoms with van der Waals surface area (Å²) in [6.45, 7) is 0. The second kappa shape index (κ2) is 7.97. The zero-order valence-electron chi connectivity index (χ0n) is 16.8. The van der Waals surface area contributed by atoms with E-state index in [0.717, 1.165) is 21.6 Å². The molecule has 8 nitrogen and oxygen atoms in total. The van der Waals surface area contributed by atoms with Crippen LogP contribution in [0.4, 0.5) is 11.4 Å².